The smallest absolute Gasteiger partial charge is 0.290 e. The summed E-state index contributed by atoms with van der Waals surface area (Å²) in [7, 11) is 0. The molecule has 2 saturated heterocycles. The quantitative estimate of drug-likeness (QED) is 0.913. The van der Waals surface area contributed by atoms with E-state index in [0.29, 0.717) is 24.1 Å². The van der Waals surface area contributed by atoms with Gasteiger partial charge in [-0.05, 0) is 30.9 Å². The number of nitrogens with one attached hydrogen (secondary N) is 1. The van der Waals surface area contributed by atoms with Gasteiger partial charge in [-0.1, -0.05) is 24.3 Å². The van der Waals surface area contributed by atoms with Crippen LogP contribution >= 0.6 is 0 Å². The molecule has 1 aromatic carbocycles. The van der Waals surface area contributed by atoms with E-state index < -0.39 is 0 Å². The predicted molar refractivity (Wildman–Crippen MR) is 94.5 cm³/mol. The molecule has 0 radical (unpaired) electrons. The van der Waals surface area contributed by atoms with Gasteiger partial charge in [0.15, 0.2) is 11.2 Å². The fourth-order valence-electron chi connectivity index (χ4n) is 4.30. The number of amides is 1. The fourth-order valence-corrected chi connectivity index (χ4v) is 4.30. The first-order valence-corrected chi connectivity index (χ1v) is 8.73. The predicted octanol–water partition coefficient (Wildman–Crippen LogP) is 2.29. The van der Waals surface area contributed by atoms with Crippen LogP contribution in [0, 0.1) is 25.7 Å². The monoisotopic (exact) mass is 338 g/mol. The summed E-state index contributed by atoms with van der Waals surface area (Å²) in [6.45, 7) is 6.30. The normalized spacial score (nSPS) is 25.2. The molecule has 0 saturated carbocycles. The Labute approximate surface area is 146 Å². The molecule has 4 rings (SSSR count). The molecular weight excluding hydrogens is 316 g/mol. The van der Waals surface area contributed by atoms with E-state index in [9.17, 15) is 9.59 Å². The van der Waals surface area contributed by atoms with Crippen molar-refractivity contribution in [3.63, 3.8) is 0 Å². The number of carbonyl (C=O) groups is 1. The molecule has 0 unspecified atom stereocenters. The van der Waals surface area contributed by atoms with E-state index in [1.165, 1.54) is 23.3 Å². The second-order valence-electron chi connectivity index (χ2n) is 7.11. The van der Waals surface area contributed by atoms with E-state index in [1.807, 2.05) is 17.0 Å². The third-order valence-corrected chi connectivity index (χ3v) is 5.43. The molecule has 2 aromatic rings. The maximum absolute atomic E-state index is 13.2. The van der Waals surface area contributed by atoms with Gasteiger partial charge in [-0.3, -0.25) is 9.59 Å². The summed E-state index contributed by atoms with van der Waals surface area (Å²) in [5.74, 6) is 1.23. The van der Waals surface area contributed by atoms with Crippen molar-refractivity contribution in [3.8, 4) is 0 Å². The van der Waals surface area contributed by atoms with Crippen LogP contribution < -0.4 is 10.7 Å². The lowest BCUT2D eigenvalue weighted by molar-refractivity contribution is 0.0676. The van der Waals surface area contributed by atoms with Crippen molar-refractivity contribution in [2.24, 2.45) is 11.8 Å². The number of hydrogen-bond acceptors (Lipinski definition) is 4. The Balaban J connectivity index is 1.75. The standard InChI is InChI=1S/C20H22N2O3/c1-12-5-3-4-6-16(12)19-17-10-21-9-14(17)11-22(19)20(24)18-8-15(23)7-13(2)25-18/h3-8,14,17,19,21H,9-11H2,1-2H3/t14-,17-,19-/m0/s1. The van der Waals surface area contributed by atoms with Crippen molar-refractivity contribution < 1.29 is 9.21 Å². The van der Waals surface area contributed by atoms with E-state index >= 15 is 0 Å². The maximum atomic E-state index is 13.2. The molecule has 130 valence electrons. The van der Waals surface area contributed by atoms with Crippen LogP contribution in [-0.4, -0.2) is 30.4 Å². The number of benzene rings is 1. The number of nitrogens with zero attached hydrogens (tertiary/aromatic N) is 1. The Morgan fingerprint density at radius 3 is 2.76 bits per heavy atom. The summed E-state index contributed by atoms with van der Waals surface area (Å²) in [6.07, 6.45) is 0. The topological polar surface area (TPSA) is 62.6 Å². The summed E-state index contributed by atoms with van der Waals surface area (Å²) in [4.78, 5) is 26.8. The first-order chi connectivity index (χ1) is 12.0. The van der Waals surface area contributed by atoms with Gasteiger partial charge in [0.25, 0.3) is 5.91 Å². The zero-order valence-electron chi connectivity index (χ0n) is 14.5. The third-order valence-electron chi connectivity index (χ3n) is 5.43. The SMILES string of the molecule is Cc1cc(=O)cc(C(=O)N2C[C@@H]3CNC[C@@H]3[C@@H]2c2ccccc2C)o1. The molecule has 1 aromatic heterocycles. The van der Waals surface area contributed by atoms with Crippen LogP contribution in [0.4, 0.5) is 0 Å². The number of fused-ring (bicyclic) bond motifs is 1. The first kappa shape index (κ1) is 16.1. The van der Waals surface area contributed by atoms with E-state index in [0.717, 1.165) is 13.1 Å². The lowest BCUT2D eigenvalue weighted by atomic mass is 9.87. The van der Waals surface area contributed by atoms with Crippen molar-refractivity contribution >= 4 is 5.91 Å². The van der Waals surface area contributed by atoms with E-state index in [1.54, 1.807) is 6.92 Å². The maximum Gasteiger partial charge on any atom is 0.290 e. The van der Waals surface area contributed by atoms with Gasteiger partial charge in [0.1, 0.15) is 5.76 Å². The summed E-state index contributed by atoms with van der Waals surface area (Å²) in [5.41, 5.74) is 2.17. The lowest BCUT2D eigenvalue weighted by Gasteiger charge is -2.29. The van der Waals surface area contributed by atoms with Gasteiger partial charge in [0.05, 0.1) is 6.04 Å². The van der Waals surface area contributed by atoms with Crippen molar-refractivity contribution in [1.29, 1.82) is 0 Å². The van der Waals surface area contributed by atoms with Crippen LogP contribution in [0.25, 0.3) is 0 Å². The summed E-state index contributed by atoms with van der Waals surface area (Å²) in [6, 6.07) is 10.9. The molecule has 0 bridgehead atoms. The van der Waals surface area contributed by atoms with Crippen LogP contribution in [-0.2, 0) is 0 Å². The molecule has 2 fully saturated rings. The minimum absolute atomic E-state index is 0.0134. The molecule has 2 aliphatic heterocycles. The van der Waals surface area contributed by atoms with Gasteiger partial charge in [0.2, 0.25) is 0 Å². The van der Waals surface area contributed by atoms with Gasteiger partial charge in [-0.15, -0.1) is 0 Å². The van der Waals surface area contributed by atoms with Crippen LogP contribution in [0.2, 0.25) is 0 Å². The highest BCUT2D eigenvalue weighted by Gasteiger charge is 2.47. The van der Waals surface area contributed by atoms with E-state index in [4.69, 9.17) is 4.42 Å². The number of carbonyl (C=O) groups excluding carboxylic acids is 1. The molecule has 1 N–H and O–H groups in total. The fraction of sp³-hybridized carbons (Fsp3) is 0.400. The minimum atomic E-state index is -0.194. The molecule has 0 aliphatic carbocycles. The zero-order chi connectivity index (χ0) is 17.6. The second kappa shape index (κ2) is 6.15. The molecule has 3 heterocycles. The van der Waals surface area contributed by atoms with Gasteiger partial charge in [0, 0.05) is 37.7 Å². The molecule has 1 amide bonds. The highest BCUT2D eigenvalue weighted by atomic mass is 16.3. The molecule has 5 heteroatoms. The largest absolute Gasteiger partial charge is 0.456 e. The molecule has 0 spiro atoms. The van der Waals surface area contributed by atoms with Crippen LogP contribution in [0.3, 0.4) is 0 Å². The number of hydrogen-bond donors (Lipinski definition) is 1. The van der Waals surface area contributed by atoms with Gasteiger partial charge in [-0.2, -0.15) is 0 Å². The second-order valence-corrected chi connectivity index (χ2v) is 7.11. The molecule has 25 heavy (non-hydrogen) atoms. The van der Waals surface area contributed by atoms with Gasteiger partial charge < -0.3 is 14.6 Å². The number of rotatable bonds is 2. The number of aryl methyl sites for hydroxylation is 2. The zero-order valence-corrected chi connectivity index (χ0v) is 14.5. The van der Waals surface area contributed by atoms with Crippen molar-refractivity contribution in [1.82, 2.24) is 10.2 Å². The van der Waals surface area contributed by atoms with E-state index in [2.05, 4.69) is 24.4 Å². The average molecular weight is 338 g/mol. The minimum Gasteiger partial charge on any atom is -0.456 e. The van der Waals surface area contributed by atoms with E-state index in [-0.39, 0.29) is 23.1 Å². The Morgan fingerprint density at radius 1 is 1.20 bits per heavy atom. The van der Waals surface area contributed by atoms with Crippen LogP contribution in [0.1, 0.15) is 33.5 Å². The Bertz CT molecular complexity index is 873. The van der Waals surface area contributed by atoms with Crippen LogP contribution in [0.15, 0.2) is 45.6 Å². The number of likely N-dealkylation sites (tertiary alicyclic amines) is 1. The highest BCUT2D eigenvalue weighted by Crippen LogP contribution is 2.44. The van der Waals surface area contributed by atoms with Crippen LogP contribution in [0.5, 0.6) is 0 Å². The van der Waals surface area contributed by atoms with Gasteiger partial charge in [-0.25, -0.2) is 0 Å². The van der Waals surface area contributed by atoms with Crippen molar-refractivity contribution in [3.05, 3.63) is 69.3 Å². The lowest BCUT2D eigenvalue weighted by Crippen LogP contribution is -2.35. The molecule has 3 atom stereocenters. The Kier molecular flexibility index (Phi) is 3.96. The molecule has 2 aliphatic rings. The highest BCUT2D eigenvalue weighted by molar-refractivity contribution is 5.92. The molecular formula is C20H22N2O3. The molecule has 5 nitrogen and oxygen atoms in total. The average Bonchev–Trinajstić information content (AvgIpc) is 3.15. The summed E-state index contributed by atoms with van der Waals surface area (Å²) >= 11 is 0. The first-order valence-electron chi connectivity index (χ1n) is 8.73. The third kappa shape index (κ3) is 2.78. The Hall–Kier alpha value is -2.40. The summed E-state index contributed by atoms with van der Waals surface area (Å²) < 4.78 is 5.56. The van der Waals surface area contributed by atoms with Crippen molar-refractivity contribution in [2.75, 3.05) is 19.6 Å². The Morgan fingerprint density at radius 2 is 2.00 bits per heavy atom. The van der Waals surface area contributed by atoms with Crippen molar-refractivity contribution in [2.45, 2.75) is 19.9 Å². The van der Waals surface area contributed by atoms with Gasteiger partial charge >= 0.3 is 0 Å². The summed E-state index contributed by atoms with van der Waals surface area (Å²) in [5, 5.41) is 3.45.